The van der Waals surface area contributed by atoms with Gasteiger partial charge in [-0.25, -0.2) is 0 Å². The highest BCUT2D eigenvalue weighted by molar-refractivity contribution is 7.71. The van der Waals surface area contributed by atoms with E-state index in [-0.39, 0.29) is 11.5 Å². The van der Waals surface area contributed by atoms with Crippen molar-refractivity contribution in [3.8, 4) is 6.07 Å². The van der Waals surface area contributed by atoms with E-state index in [0.717, 1.165) is 30.3 Å². The van der Waals surface area contributed by atoms with Gasteiger partial charge in [0, 0.05) is 26.6 Å². The van der Waals surface area contributed by atoms with Crippen molar-refractivity contribution in [2.75, 3.05) is 7.05 Å². The van der Waals surface area contributed by atoms with Gasteiger partial charge in [0.05, 0.1) is 22.5 Å². The Hall–Kier alpha value is -3.24. The first-order valence-corrected chi connectivity index (χ1v) is 10.4. The average molecular weight is 421 g/mol. The molecule has 0 unspecified atom stereocenters. The van der Waals surface area contributed by atoms with E-state index >= 15 is 0 Å². The van der Waals surface area contributed by atoms with E-state index in [2.05, 4.69) is 11.1 Å². The number of fused-ring (bicyclic) bond motifs is 1. The maximum atomic E-state index is 12.6. The highest BCUT2D eigenvalue weighted by Gasteiger charge is 2.10. The molecule has 1 N–H and O–H groups in total. The van der Waals surface area contributed by atoms with Crippen LogP contribution in [0.1, 0.15) is 36.8 Å². The first-order valence-electron chi connectivity index (χ1n) is 9.94. The SMILES string of the molecule is CN(Cc1ccc(C#N)cc1)C(=O)CCCCCn1c(=S)[nH]c2ccccc2c1=O. The van der Waals surface area contributed by atoms with Crippen molar-refractivity contribution in [1.29, 1.82) is 5.26 Å². The highest BCUT2D eigenvalue weighted by atomic mass is 32.1. The highest BCUT2D eigenvalue weighted by Crippen LogP contribution is 2.10. The number of aromatic nitrogens is 2. The van der Waals surface area contributed by atoms with E-state index in [1.165, 1.54) is 0 Å². The van der Waals surface area contributed by atoms with E-state index in [1.807, 2.05) is 30.3 Å². The third-order valence-electron chi connectivity index (χ3n) is 5.09. The number of H-pyrrole nitrogens is 1. The molecule has 1 aromatic heterocycles. The van der Waals surface area contributed by atoms with E-state index in [4.69, 9.17) is 17.5 Å². The number of nitrogens with zero attached hydrogens (tertiary/aromatic N) is 3. The van der Waals surface area contributed by atoms with Gasteiger partial charge >= 0.3 is 0 Å². The third-order valence-corrected chi connectivity index (χ3v) is 5.41. The summed E-state index contributed by atoms with van der Waals surface area (Å²) in [6, 6.07) is 16.7. The third kappa shape index (κ3) is 5.22. The molecule has 0 spiro atoms. The molecule has 1 heterocycles. The van der Waals surface area contributed by atoms with Gasteiger partial charge in [-0.3, -0.25) is 14.2 Å². The van der Waals surface area contributed by atoms with Crippen LogP contribution in [-0.4, -0.2) is 27.4 Å². The van der Waals surface area contributed by atoms with Crippen molar-refractivity contribution in [1.82, 2.24) is 14.5 Å². The van der Waals surface area contributed by atoms with Crippen LogP contribution in [0.5, 0.6) is 0 Å². The molecule has 1 amide bonds. The minimum absolute atomic E-state index is 0.0763. The second kappa shape index (κ2) is 9.99. The number of hydrogen-bond acceptors (Lipinski definition) is 4. The molecule has 0 radical (unpaired) electrons. The first-order chi connectivity index (χ1) is 14.5. The molecule has 0 saturated heterocycles. The van der Waals surface area contributed by atoms with Crippen LogP contribution in [0.25, 0.3) is 10.9 Å². The largest absolute Gasteiger partial charge is 0.341 e. The van der Waals surface area contributed by atoms with E-state index in [9.17, 15) is 9.59 Å². The predicted molar refractivity (Wildman–Crippen MR) is 119 cm³/mol. The van der Waals surface area contributed by atoms with E-state index in [1.54, 1.807) is 34.7 Å². The fraction of sp³-hybridized carbons (Fsp3) is 0.304. The fourth-order valence-corrected chi connectivity index (χ4v) is 3.65. The maximum absolute atomic E-state index is 12.6. The lowest BCUT2D eigenvalue weighted by Gasteiger charge is -2.17. The van der Waals surface area contributed by atoms with Gasteiger partial charge in [0.25, 0.3) is 5.56 Å². The lowest BCUT2D eigenvalue weighted by Crippen LogP contribution is -2.26. The summed E-state index contributed by atoms with van der Waals surface area (Å²) in [4.78, 5) is 29.8. The minimum Gasteiger partial charge on any atom is -0.341 e. The van der Waals surface area contributed by atoms with Gasteiger partial charge in [-0.1, -0.05) is 30.7 Å². The molecule has 2 aromatic carbocycles. The molecular weight excluding hydrogens is 396 g/mol. The molecule has 0 saturated carbocycles. The molecular formula is C23H24N4O2S. The van der Waals surface area contributed by atoms with Crippen molar-refractivity contribution in [2.24, 2.45) is 0 Å². The van der Waals surface area contributed by atoms with Crippen LogP contribution in [-0.2, 0) is 17.9 Å². The number of carbonyl (C=O) groups excluding carboxylic acids is 1. The topological polar surface area (TPSA) is 81.9 Å². The summed E-state index contributed by atoms with van der Waals surface area (Å²) >= 11 is 5.33. The van der Waals surface area contributed by atoms with Crippen molar-refractivity contribution < 1.29 is 4.79 Å². The number of hydrogen-bond donors (Lipinski definition) is 1. The van der Waals surface area contributed by atoms with Crippen LogP contribution in [0.4, 0.5) is 0 Å². The molecule has 0 aliphatic carbocycles. The monoisotopic (exact) mass is 420 g/mol. The van der Waals surface area contributed by atoms with Gasteiger partial charge in [0.1, 0.15) is 0 Å². The van der Waals surface area contributed by atoms with Crippen LogP contribution in [0.15, 0.2) is 53.3 Å². The molecule has 6 nitrogen and oxygen atoms in total. The summed E-state index contributed by atoms with van der Waals surface area (Å²) in [6.07, 6.45) is 2.84. The zero-order valence-corrected chi connectivity index (χ0v) is 17.7. The lowest BCUT2D eigenvalue weighted by molar-refractivity contribution is -0.130. The number of nitrogens with one attached hydrogen (secondary N) is 1. The van der Waals surface area contributed by atoms with Crippen LogP contribution in [0.2, 0.25) is 0 Å². The molecule has 0 aliphatic rings. The molecule has 3 aromatic rings. The van der Waals surface area contributed by atoms with Crippen LogP contribution in [0, 0.1) is 16.1 Å². The summed E-state index contributed by atoms with van der Waals surface area (Å²) in [5.41, 5.74) is 2.28. The van der Waals surface area contributed by atoms with E-state index in [0.29, 0.717) is 35.2 Å². The number of carbonyl (C=O) groups is 1. The Morgan fingerprint density at radius 1 is 1.13 bits per heavy atom. The quantitative estimate of drug-likeness (QED) is 0.438. The average Bonchev–Trinajstić information content (AvgIpc) is 2.75. The van der Waals surface area contributed by atoms with Crippen LogP contribution < -0.4 is 5.56 Å². The van der Waals surface area contributed by atoms with Gasteiger partial charge in [0.2, 0.25) is 5.91 Å². The Bertz CT molecular complexity index is 1190. The van der Waals surface area contributed by atoms with Crippen molar-refractivity contribution >= 4 is 29.0 Å². The second-order valence-electron chi connectivity index (χ2n) is 7.30. The summed E-state index contributed by atoms with van der Waals surface area (Å²) in [6.45, 7) is 1.06. The summed E-state index contributed by atoms with van der Waals surface area (Å²) in [7, 11) is 1.79. The number of amides is 1. The molecule has 0 atom stereocenters. The van der Waals surface area contributed by atoms with Crippen molar-refractivity contribution in [2.45, 2.75) is 38.8 Å². The van der Waals surface area contributed by atoms with Gasteiger partial charge in [-0.15, -0.1) is 0 Å². The van der Waals surface area contributed by atoms with Gasteiger partial charge in [0.15, 0.2) is 4.77 Å². The molecule has 7 heteroatoms. The number of aromatic amines is 1. The van der Waals surface area contributed by atoms with Gasteiger partial charge in [-0.05, 0) is 54.9 Å². The summed E-state index contributed by atoms with van der Waals surface area (Å²) in [5, 5.41) is 9.48. The molecule has 0 aliphatic heterocycles. The Labute approximate surface area is 180 Å². The Morgan fingerprint density at radius 2 is 1.87 bits per heavy atom. The predicted octanol–water partition coefficient (Wildman–Crippen LogP) is 4.15. The second-order valence-corrected chi connectivity index (χ2v) is 7.69. The smallest absolute Gasteiger partial charge is 0.262 e. The number of para-hydroxylation sites is 1. The Balaban J connectivity index is 1.46. The fourth-order valence-electron chi connectivity index (χ4n) is 3.36. The molecule has 0 bridgehead atoms. The lowest BCUT2D eigenvalue weighted by atomic mass is 10.1. The van der Waals surface area contributed by atoms with Gasteiger partial charge in [-0.2, -0.15) is 5.26 Å². The first kappa shape index (κ1) is 21.5. The molecule has 30 heavy (non-hydrogen) atoms. The normalized spacial score (nSPS) is 10.7. The summed E-state index contributed by atoms with van der Waals surface area (Å²) < 4.78 is 2.02. The Kier molecular flexibility index (Phi) is 7.15. The Morgan fingerprint density at radius 3 is 2.60 bits per heavy atom. The number of unbranched alkanes of at least 4 members (excludes halogenated alkanes) is 2. The van der Waals surface area contributed by atoms with Crippen LogP contribution >= 0.6 is 12.2 Å². The molecule has 3 rings (SSSR count). The number of rotatable bonds is 8. The zero-order valence-electron chi connectivity index (χ0n) is 16.9. The maximum Gasteiger partial charge on any atom is 0.262 e. The standard InChI is InChI=1S/C23H24N4O2S/c1-26(16-18-12-10-17(15-24)11-13-18)21(28)9-3-2-6-14-27-22(29)19-7-4-5-8-20(19)25-23(27)30/h4-5,7-8,10-13H,2-3,6,9,14,16H2,1H3,(H,25,30). The minimum atomic E-state index is -0.0763. The molecule has 154 valence electrons. The number of benzene rings is 2. The summed E-state index contributed by atoms with van der Waals surface area (Å²) in [5.74, 6) is 0.0829. The van der Waals surface area contributed by atoms with Crippen molar-refractivity contribution in [3.05, 3.63) is 74.8 Å². The zero-order chi connectivity index (χ0) is 21.5. The molecule has 0 fully saturated rings. The van der Waals surface area contributed by atoms with Crippen molar-refractivity contribution in [3.63, 3.8) is 0 Å². The van der Waals surface area contributed by atoms with E-state index < -0.39 is 0 Å². The number of nitriles is 1. The van der Waals surface area contributed by atoms with Gasteiger partial charge < -0.3 is 9.88 Å². The van der Waals surface area contributed by atoms with Crippen LogP contribution in [0.3, 0.4) is 0 Å².